The summed E-state index contributed by atoms with van der Waals surface area (Å²) in [6.07, 6.45) is -3.33. The molecule has 0 aliphatic rings. The summed E-state index contributed by atoms with van der Waals surface area (Å²) in [6.45, 7) is 0. The fourth-order valence-electron chi connectivity index (χ4n) is 1.36. The van der Waals surface area contributed by atoms with Crippen LogP contribution in [0.3, 0.4) is 0 Å². The van der Waals surface area contributed by atoms with Gasteiger partial charge in [0.15, 0.2) is 5.69 Å². The van der Waals surface area contributed by atoms with Gasteiger partial charge in [0, 0.05) is 20.2 Å². The Morgan fingerprint density at radius 3 is 2.43 bits per heavy atom. The first kappa shape index (κ1) is 15.3. The molecule has 0 saturated carbocycles. The molecular weight excluding hydrogens is 309 g/mol. The minimum atomic E-state index is -4.59. The number of hydrogen-bond donors (Lipinski definition) is 0. The van der Waals surface area contributed by atoms with Gasteiger partial charge in [-0.25, -0.2) is 4.98 Å². The average Bonchev–Trinajstić information content (AvgIpc) is 2.40. The summed E-state index contributed by atoms with van der Waals surface area (Å²) in [5, 5.41) is 0.237. The number of ether oxygens (including phenoxy) is 1. The molecule has 112 valence electrons. The van der Waals surface area contributed by atoms with Gasteiger partial charge in [-0.2, -0.15) is 23.1 Å². The van der Waals surface area contributed by atoms with Crippen molar-refractivity contribution in [2.75, 3.05) is 19.0 Å². The highest BCUT2D eigenvalue weighted by molar-refractivity contribution is 6.29. The van der Waals surface area contributed by atoms with Crippen LogP contribution in [0.5, 0.6) is 11.8 Å². The Labute approximate surface area is 123 Å². The van der Waals surface area contributed by atoms with Crippen molar-refractivity contribution in [3.8, 4) is 11.8 Å². The topological polar surface area (TPSA) is 51.1 Å². The summed E-state index contributed by atoms with van der Waals surface area (Å²) >= 11 is 5.61. The maximum atomic E-state index is 12.8. The van der Waals surface area contributed by atoms with Crippen molar-refractivity contribution < 1.29 is 17.9 Å². The van der Waals surface area contributed by atoms with Crippen molar-refractivity contribution in [2.24, 2.45) is 0 Å². The molecule has 2 aromatic rings. The molecule has 0 aromatic carbocycles. The molecule has 0 amide bonds. The molecule has 0 spiro atoms. The molecule has 0 aliphatic carbocycles. The second kappa shape index (κ2) is 5.72. The van der Waals surface area contributed by atoms with Crippen LogP contribution in [0.1, 0.15) is 5.69 Å². The van der Waals surface area contributed by atoms with E-state index < -0.39 is 17.9 Å². The van der Waals surface area contributed by atoms with Crippen LogP contribution >= 0.6 is 11.6 Å². The lowest BCUT2D eigenvalue weighted by Gasteiger charge is -2.15. The van der Waals surface area contributed by atoms with Gasteiger partial charge in [0.25, 0.3) is 0 Å². The maximum absolute atomic E-state index is 12.8. The Kier molecular flexibility index (Phi) is 4.17. The zero-order chi connectivity index (χ0) is 15.6. The second-order valence-corrected chi connectivity index (χ2v) is 4.59. The van der Waals surface area contributed by atoms with Crippen molar-refractivity contribution in [2.45, 2.75) is 6.18 Å². The molecule has 2 heterocycles. The maximum Gasteiger partial charge on any atom is 0.433 e. The molecule has 5 nitrogen and oxygen atoms in total. The number of halogens is 4. The molecular formula is C12H10ClF3N4O. The number of pyridine rings is 1. The van der Waals surface area contributed by atoms with Crippen molar-refractivity contribution in [1.82, 2.24) is 15.0 Å². The van der Waals surface area contributed by atoms with Crippen LogP contribution in [0.15, 0.2) is 24.4 Å². The number of nitrogens with zero attached hydrogens (tertiary/aromatic N) is 4. The van der Waals surface area contributed by atoms with E-state index in [0.717, 1.165) is 6.07 Å². The summed E-state index contributed by atoms with van der Waals surface area (Å²) in [4.78, 5) is 12.4. The van der Waals surface area contributed by atoms with Crippen LogP contribution in [0.25, 0.3) is 0 Å². The average molecular weight is 319 g/mol. The number of alkyl halides is 3. The quantitative estimate of drug-likeness (QED) is 0.812. The van der Waals surface area contributed by atoms with Crippen molar-refractivity contribution in [1.29, 1.82) is 0 Å². The predicted octanol–water partition coefficient (Wildman–Crippen LogP) is 3.40. The normalized spacial score (nSPS) is 11.3. The summed E-state index contributed by atoms with van der Waals surface area (Å²) in [7, 11) is 3.13. The van der Waals surface area contributed by atoms with Crippen LogP contribution in [0, 0.1) is 0 Å². The Balaban J connectivity index is 2.38. The van der Waals surface area contributed by atoms with E-state index in [4.69, 9.17) is 16.3 Å². The van der Waals surface area contributed by atoms with Gasteiger partial charge in [0.1, 0.15) is 16.7 Å². The van der Waals surface area contributed by atoms with E-state index in [0.29, 0.717) is 0 Å². The third kappa shape index (κ3) is 3.94. The van der Waals surface area contributed by atoms with E-state index in [-0.39, 0.29) is 16.7 Å². The minimum absolute atomic E-state index is 0.0780. The van der Waals surface area contributed by atoms with Gasteiger partial charge in [-0.1, -0.05) is 11.6 Å². The molecule has 21 heavy (non-hydrogen) atoms. The second-order valence-electron chi connectivity index (χ2n) is 4.20. The van der Waals surface area contributed by atoms with E-state index >= 15 is 0 Å². The summed E-state index contributed by atoms with van der Waals surface area (Å²) in [5.41, 5.74) is -1.09. The Bertz CT molecular complexity index is 631. The number of aromatic nitrogens is 3. The molecule has 2 aromatic heterocycles. The molecule has 0 aliphatic heterocycles. The summed E-state index contributed by atoms with van der Waals surface area (Å²) < 4.78 is 43.6. The first-order chi connectivity index (χ1) is 9.75. The Morgan fingerprint density at radius 2 is 1.90 bits per heavy atom. The third-order valence-electron chi connectivity index (χ3n) is 2.35. The molecule has 0 unspecified atom stereocenters. The third-order valence-corrected chi connectivity index (χ3v) is 2.57. The van der Waals surface area contributed by atoms with Gasteiger partial charge in [0.05, 0.1) is 6.20 Å². The van der Waals surface area contributed by atoms with Crippen LogP contribution in [0.4, 0.5) is 19.0 Å². The van der Waals surface area contributed by atoms with Gasteiger partial charge in [-0.3, -0.25) is 0 Å². The highest BCUT2D eigenvalue weighted by Crippen LogP contribution is 2.31. The van der Waals surface area contributed by atoms with Gasteiger partial charge in [-0.15, -0.1) is 0 Å². The first-order valence-electron chi connectivity index (χ1n) is 5.69. The monoisotopic (exact) mass is 318 g/mol. The van der Waals surface area contributed by atoms with Crippen molar-refractivity contribution in [3.05, 3.63) is 35.2 Å². The summed E-state index contributed by atoms with van der Waals surface area (Å²) in [5.74, 6) is 0.262. The van der Waals surface area contributed by atoms with E-state index in [1.54, 1.807) is 14.1 Å². The van der Waals surface area contributed by atoms with Gasteiger partial charge >= 0.3 is 12.2 Å². The van der Waals surface area contributed by atoms with Crippen LogP contribution in [-0.2, 0) is 6.18 Å². The van der Waals surface area contributed by atoms with E-state index in [9.17, 15) is 13.2 Å². The first-order valence-corrected chi connectivity index (χ1v) is 6.06. The van der Waals surface area contributed by atoms with Crippen LogP contribution in [-0.4, -0.2) is 29.0 Å². The van der Waals surface area contributed by atoms with E-state index in [2.05, 4.69) is 15.0 Å². The zero-order valence-corrected chi connectivity index (χ0v) is 11.8. The minimum Gasteiger partial charge on any atom is -0.423 e. The fraction of sp³-hybridized carbons (Fsp3) is 0.250. The molecule has 0 saturated heterocycles. The largest absolute Gasteiger partial charge is 0.433 e. The standard InChI is InChI=1S/C12H10ClF3N4O/c1-20(2)10-5-8(12(14,15)16)18-11(19-10)21-7-3-4-9(13)17-6-7/h3-6H,1-2H3. The number of anilines is 1. The molecule has 0 radical (unpaired) electrons. The fourth-order valence-corrected chi connectivity index (χ4v) is 1.47. The lowest BCUT2D eigenvalue weighted by molar-refractivity contribution is -0.141. The lowest BCUT2D eigenvalue weighted by Crippen LogP contribution is -2.16. The molecule has 2 rings (SSSR count). The molecule has 0 atom stereocenters. The van der Waals surface area contributed by atoms with E-state index in [1.807, 2.05) is 0 Å². The SMILES string of the molecule is CN(C)c1cc(C(F)(F)F)nc(Oc2ccc(Cl)nc2)n1. The summed E-state index contributed by atoms with van der Waals surface area (Å²) in [6, 6.07) is 3.32. The Hall–Kier alpha value is -2.09. The van der Waals surface area contributed by atoms with Crippen LogP contribution < -0.4 is 9.64 Å². The smallest absolute Gasteiger partial charge is 0.423 e. The van der Waals surface area contributed by atoms with Gasteiger partial charge in [0.2, 0.25) is 0 Å². The van der Waals surface area contributed by atoms with Crippen LogP contribution in [0.2, 0.25) is 5.15 Å². The van der Waals surface area contributed by atoms with Gasteiger partial charge < -0.3 is 9.64 Å². The molecule has 0 bridgehead atoms. The van der Waals surface area contributed by atoms with E-state index in [1.165, 1.54) is 23.2 Å². The van der Waals surface area contributed by atoms with Crippen molar-refractivity contribution >= 4 is 17.4 Å². The zero-order valence-electron chi connectivity index (χ0n) is 11.0. The highest BCUT2D eigenvalue weighted by atomic mass is 35.5. The van der Waals surface area contributed by atoms with Gasteiger partial charge in [-0.05, 0) is 12.1 Å². The number of rotatable bonds is 3. The Morgan fingerprint density at radius 1 is 1.19 bits per heavy atom. The molecule has 0 N–H and O–H groups in total. The van der Waals surface area contributed by atoms with Crippen molar-refractivity contribution in [3.63, 3.8) is 0 Å². The lowest BCUT2D eigenvalue weighted by atomic mass is 10.3. The highest BCUT2D eigenvalue weighted by Gasteiger charge is 2.34. The molecule has 9 heteroatoms. The number of hydrogen-bond acceptors (Lipinski definition) is 5. The molecule has 0 fully saturated rings. The predicted molar refractivity (Wildman–Crippen MR) is 70.7 cm³/mol.